The van der Waals surface area contributed by atoms with Crippen LogP contribution in [0.3, 0.4) is 0 Å². The van der Waals surface area contributed by atoms with Gasteiger partial charge in [0, 0.05) is 32.4 Å². The summed E-state index contributed by atoms with van der Waals surface area (Å²) in [4.78, 5) is 21.7. The molecule has 1 aliphatic heterocycles. The highest BCUT2D eigenvalue weighted by atomic mass is 19.1. The molecule has 1 amide bonds. The van der Waals surface area contributed by atoms with Crippen LogP contribution in [-0.4, -0.2) is 42.0 Å². The first-order chi connectivity index (χ1) is 13.7. The van der Waals surface area contributed by atoms with E-state index in [-0.39, 0.29) is 11.7 Å². The quantitative estimate of drug-likeness (QED) is 0.698. The molecule has 1 aromatic heterocycles. The van der Waals surface area contributed by atoms with Gasteiger partial charge < -0.3 is 9.80 Å². The van der Waals surface area contributed by atoms with E-state index < -0.39 is 5.92 Å². The lowest BCUT2D eigenvalue weighted by atomic mass is 9.93. The van der Waals surface area contributed by atoms with Gasteiger partial charge in [-0.1, -0.05) is 48.5 Å². The number of aromatic nitrogens is 1. The van der Waals surface area contributed by atoms with E-state index in [1.54, 1.807) is 18.3 Å². The molecule has 0 bridgehead atoms. The van der Waals surface area contributed by atoms with Crippen molar-refractivity contribution in [2.24, 2.45) is 0 Å². The van der Waals surface area contributed by atoms with Gasteiger partial charge in [0.25, 0.3) is 0 Å². The average Bonchev–Trinajstić information content (AvgIpc) is 2.76. The van der Waals surface area contributed by atoms with Crippen LogP contribution < -0.4 is 4.90 Å². The smallest absolute Gasteiger partial charge is 0.236 e. The fraction of sp³-hybridized carbons (Fsp3) is 0.217. The fourth-order valence-corrected chi connectivity index (χ4v) is 3.69. The van der Waals surface area contributed by atoms with Gasteiger partial charge in [0.1, 0.15) is 11.7 Å². The summed E-state index contributed by atoms with van der Waals surface area (Å²) in [6.45, 7) is 2.33. The molecule has 4 rings (SSSR count). The lowest BCUT2D eigenvalue weighted by Gasteiger charge is -2.37. The lowest BCUT2D eigenvalue weighted by molar-refractivity contribution is -0.132. The molecule has 0 aliphatic carbocycles. The molecule has 142 valence electrons. The number of hydrogen-bond donors (Lipinski definition) is 0. The Morgan fingerprint density at radius 1 is 0.857 bits per heavy atom. The van der Waals surface area contributed by atoms with Crippen LogP contribution in [0.1, 0.15) is 17.2 Å². The Kier molecular flexibility index (Phi) is 5.33. The highest BCUT2D eigenvalue weighted by Gasteiger charge is 2.31. The highest BCUT2D eigenvalue weighted by molar-refractivity contribution is 5.87. The number of nitrogens with zero attached hydrogens (tertiary/aromatic N) is 3. The average molecular weight is 375 g/mol. The van der Waals surface area contributed by atoms with Crippen molar-refractivity contribution in [2.75, 3.05) is 31.1 Å². The first kappa shape index (κ1) is 18.2. The van der Waals surface area contributed by atoms with Gasteiger partial charge in [0.05, 0.1) is 11.4 Å². The topological polar surface area (TPSA) is 36.4 Å². The summed E-state index contributed by atoms with van der Waals surface area (Å²) in [6.07, 6.45) is 1.72. The minimum atomic E-state index is -0.428. The Morgan fingerprint density at radius 3 is 2.21 bits per heavy atom. The molecule has 1 atom stereocenters. The second-order valence-electron chi connectivity index (χ2n) is 6.86. The van der Waals surface area contributed by atoms with E-state index in [2.05, 4.69) is 4.98 Å². The number of pyridine rings is 1. The summed E-state index contributed by atoms with van der Waals surface area (Å²) >= 11 is 0. The molecule has 1 unspecified atom stereocenters. The van der Waals surface area contributed by atoms with Crippen LogP contribution in [-0.2, 0) is 4.79 Å². The largest absolute Gasteiger partial charge is 0.366 e. The van der Waals surface area contributed by atoms with Gasteiger partial charge in [0.2, 0.25) is 5.91 Å². The molecule has 5 heteroatoms. The maximum Gasteiger partial charge on any atom is 0.236 e. The number of para-hydroxylation sites is 1. The van der Waals surface area contributed by atoms with Crippen LogP contribution in [0.2, 0.25) is 0 Å². The van der Waals surface area contributed by atoms with E-state index in [9.17, 15) is 9.18 Å². The number of carbonyl (C=O) groups is 1. The predicted molar refractivity (Wildman–Crippen MR) is 108 cm³/mol. The lowest BCUT2D eigenvalue weighted by Crippen LogP contribution is -2.50. The third-order valence-corrected chi connectivity index (χ3v) is 5.15. The highest BCUT2D eigenvalue weighted by Crippen LogP contribution is 2.27. The van der Waals surface area contributed by atoms with Gasteiger partial charge in [-0.2, -0.15) is 0 Å². The van der Waals surface area contributed by atoms with Crippen molar-refractivity contribution in [3.8, 4) is 0 Å². The van der Waals surface area contributed by atoms with E-state index in [0.717, 1.165) is 11.3 Å². The van der Waals surface area contributed by atoms with Gasteiger partial charge in [-0.25, -0.2) is 4.39 Å². The number of piperazine rings is 1. The normalized spacial score (nSPS) is 15.3. The van der Waals surface area contributed by atoms with E-state index in [1.807, 2.05) is 64.4 Å². The number of rotatable bonds is 4. The number of amides is 1. The molecule has 0 spiro atoms. The summed E-state index contributed by atoms with van der Waals surface area (Å²) in [5.41, 5.74) is 2.27. The third kappa shape index (κ3) is 3.74. The van der Waals surface area contributed by atoms with E-state index >= 15 is 0 Å². The van der Waals surface area contributed by atoms with Gasteiger partial charge in [-0.05, 0) is 29.8 Å². The summed E-state index contributed by atoms with van der Waals surface area (Å²) in [7, 11) is 0. The standard InChI is InChI=1S/C23H22FN3O/c24-19-10-4-5-12-21(19)26-14-16-27(17-15-26)23(28)22(18-8-2-1-3-9-18)20-11-6-7-13-25-20/h1-13,22H,14-17H2. The molecule has 1 aliphatic rings. The number of benzene rings is 2. The number of hydrogen-bond acceptors (Lipinski definition) is 3. The Labute approximate surface area is 164 Å². The SMILES string of the molecule is O=C(C(c1ccccc1)c1ccccn1)N1CCN(c2ccccc2F)CC1. The molecule has 0 N–H and O–H groups in total. The zero-order chi connectivity index (χ0) is 19.3. The third-order valence-electron chi connectivity index (χ3n) is 5.15. The molecule has 1 fully saturated rings. The molecular formula is C23H22FN3O. The molecule has 0 radical (unpaired) electrons. The van der Waals surface area contributed by atoms with Crippen molar-refractivity contribution >= 4 is 11.6 Å². The maximum atomic E-state index is 14.1. The second kappa shape index (κ2) is 8.21. The number of anilines is 1. The molecule has 28 heavy (non-hydrogen) atoms. The molecule has 4 nitrogen and oxygen atoms in total. The first-order valence-electron chi connectivity index (χ1n) is 9.48. The van der Waals surface area contributed by atoms with Crippen molar-refractivity contribution in [3.05, 3.63) is 96.1 Å². The van der Waals surface area contributed by atoms with Gasteiger partial charge in [0.15, 0.2) is 0 Å². The molecule has 3 aromatic rings. The zero-order valence-electron chi connectivity index (χ0n) is 15.5. The van der Waals surface area contributed by atoms with Crippen molar-refractivity contribution < 1.29 is 9.18 Å². The van der Waals surface area contributed by atoms with Crippen LogP contribution in [0, 0.1) is 5.82 Å². The second-order valence-corrected chi connectivity index (χ2v) is 6.86. The molecule has 1 saturated heterocycles. The number of halogens is 1. The minimum absolute atomic E-state index is 0.0399. The van der Waals surface area contributed by atoms with Crippen molar-refractivity contribution in [3.63, 3.8) is 0 Å². The molecule has 2 heterocycles. The molecular weight excluding hydrogens is 353 g/mol. The van der Waals surface area contributed by atoms with Crippen LogP contribution >= 0.6 is 0 Å². The Morgan fingerprint density at radius 2 is 1.54 bits per heavy atom. The minimum Gasteiger partial charge on any atom is -0.366 e. The Balaban J connectivity index is 1.53. The van der Waals surface area contributed by atoms with Crippen LogP contribution in [0.25, 0.3) is 0 Å². The monoisotopic (exact) mass is 375 g/mol. The molecule has 0 saturated carbocycles. The summed E-state index contributed by atoms with van der Waals surface area (Å²) in [5.74, 6) is -0.613. The van der Waals surface area contributed by atoms with Crippen molar-refractivity contribution in [2.45, 2.75) is 5.92 Å². The van der Waals surface area contributed by atoms with Gasteiger partial charge in [-0.3, -0.25) is 9.78 Å². The predicted octanol–water partition coefficient (Wildman–Crippen LogP) is 3.70. The number of carbonyl (C=O) groups excluding carboxylic acids is 1. The Bertz CT molecular complexity index is 885. The van der Waals surface area contributed by atoms with E-state index in [0.29, 0.717) is 31.9 Å². The van der Waals surface area contributed by atoms with Gasteiger partial charge >= 0.3 is 0 Å². The summed E-state index contributed by atoms with van der Waals surface area (Å²) < 4.78 is 14.1. The van der Waals surface area contributed by atoms with Crippen molar-refractivity contribution in [1.82, 2.24) is 9.88 Å². The summed E-state index contributed by atoms with van der Waals surface area (Å²) in [6, 6.07) is 22.2. The van der Waals surface area contributed by atoms with Crippen LogP contribution in [0.5, 0.6) is 0 Å². The maximum absolute atomic E-state index is 14.1. The van der Waals surface area contributed by atoms with Crippen molar-refractivity contribution in [1.29, 1.82) is 0 Å². The Hall–Kier alpha value is -3.21. The summed E-state index contributed by atoms with van der Waals surface area (Å²) in [5, 5.41) is 0. The fourth-order valence-electron chi connectivity index (χ4n) is 3.69. The van der Waals surface area contributed by atoms with Crippen LogP contribution in [0.15, 0.2) is 79.0 Å². The van der Waals surface area contributed by atoms with Crippen LogP contribution in [0.4, 0.5) is 10.1 Å². The van der Waals surface area contributed by atoms with E-state index in [1.165, 1.54) is 6.07 Å². The first-order valence-corrected chi connectivity index (χ1v) is 9.48. The van der Waals surface area contributed by atoms with E-state index in [4.69, 9.17) is 0 Å². The zero-order valence-corrected chi connectivity index (χ0v) is 15.5. The van der Waals surface area contributed by atoms with Gasteiger partial charge in [-0.15, -0.1) is 0 Å². The molecule has 2 aromatic carbocycles.